The van der Waals surface area contributed by atoms with E-state index < -0.39 is 11.8 Å². The Hall–Kier alpha value is -2.90. The fourth-order valence-corrected chi connectivity index (χ4v) is 3.83. The Labute approximate surface area is 202 Å². The van der Waals surface area contributed by atoms with Crippen LogP contribution in [0.1, 0.15) is 37.7 Å². The van der Waals surface area contributed by atoms with Gasteiger partial charge in [-0.2, -0.15) is 5.10 Å². The average Bonchev–Trinajstić information content (AvgIpc) is 2.77. The van der Waals surface area contributed by atoms with Crippen LogP contribution in [-0.4, -0.2) is 39.6 Å². The molecule has 9 heteroatoms. The topological polar surface area (TPSA) is 84.3 Å². The fourth-order valence-electron chi connectivity index (χ4n) is 3.49. The monoisotopic (exact) mass is 488 g/mol. The molecule has 0 saturated heterocycles. The van der Waals surface area contributed by atoms with Crippen LogP contribution in [0.4, 0.5) is 5.69 Å². The second-order valence-electron chi connectivity index (χ2n) is 8.17. The minimum Gasteiger partial charge on any atom is -0.328 e. The molecule has 7 nitrogen and oxygen atoms in total. The van der Waals surface area contributed by atoms with Crippen LogP contribution >= 0.6 is 23.2 Å². The third kappa shape index (κ3) is 5.92. The zero-order valence-corrected chi connectivity index (χ0v) is 20.3. The number of nitrogens with zero attached hydrogens (tertiary/aromatic N) is 3. The van der Waals surface area contributed by atoms with Crippen molar-refractivity contribution in [2.24, 2.45) is 5.92 Å². The van der Waals surface area contributed by atoms with Crippen LogP contribution in [0.5, 0.6) is 0 Å². The molecule has 33 heavy (non-hydrogen) atoms. The smallest absolute Gasteiger partial charge is 0.275 e. The number of amides is 2. The third-order valence-electron chi connectivity index (χ3n) is 4.93. The largest absolute Gasteiger partial charge is 0.328 e. The lowest BCUT2D eigenvalue weighted by atomic mass is 10.1. The minimum absolute atomic E-state index is 0.146. The molecular formula is C24H26Cl2N4O3. The number of carbonyl (C=O) groups is 2. The number of rotatable bonds is 8. The Kier molecular flexibility index (Phi) is 8.10. The van der Waals surface area contributed by atoms with E-state index in [9.17, 15) is 14.4 Å². The SMILES string of the molecule is CCCN(CC(=O)Nc1cc(Cl)ccc1Cl)C(=O)c1nn(CC(C)C)c(=O)c2ccccc12. The number of benzene rings is 2. The lowest BCUT2D eigenvalue weighted by Crippen LogP contribution is -2.40. The highest BCUT2D eigenvalue weighted by Gasteiger charge is 2.24. The van der Waals surface area contributed by atoms with Crippen molar-refractivity contribution in [1.82, 2.24) is 14.7 Å². The van der Waals surface area contributed by atoms with E-state index in [4.69, 9.17) is 23.2 Å². The van der Waals surface area contributed by atoms with Gasteiger partial charge in [0.15, 0.2) is 5.69 Å². The third-order valence-corrected chi connectivity index (χ3v) is 5.49. The van der Waals surface area contributed by atoms with Crippen LogP contribution in [0.25, 0.3) is 10.8 Å². The molecule has 0 atom stereocenters. The van der Waals surface area contributed by atoms with E-state index in [2.05, 4.69) is 10.4 Å². The van der Waals surface area contributed by atoms with Gasteiger partial charge in [-0.1, -0.05) is 62.2 Å². The van der Waals surface area contributed by atoms with Crippen molar-refractivity contribution in [3.8, 4) is 0 Å². The summed E-state index contributed by atoms with van der Waals surface area (Å²) >= 11 is 12.1. The zero-order chi connectivity index (χ0) is 24.1. The summed E-state index contributed by atoms with van der Waals surface area (Å²) in [6.45, 7) is 6.38. The molecule has 3 rings (SSSR count). The van der Waals surface area contributed by atoms with Gasteiger partial charge in [-0.25, -0.2) is 4.68 Å². The highest BCUT2D eigenvalue weighted by atomic mass is 35.5. The second kappa shape index (κ2) is 10.8. The van der Waals surface area contributed by atoms with Gasteiger partial charge in [0.1, 0.15) is 6.54 Å². The summed E-state index contributed by atoms with van der Waals surface area (Å²) in [7, 11) is 0. The standard InChI is InChI=1S/C24H26Cl2N4O3/c1-4-11-29(14-21(31)27-20-12-16(25)9-10-19(20)26)24(33)22-17-7-5-6-8-18(17)23(32)30(28-22)13-15(2)3/h5-10,12,15H,4,11,13-14H2,1-3H3,(H,27,31). The van der Waals surface area contributed by atoms with Gasteiger partial charge >= 0.3 is 0 Å². The predicted octanol–water partition coefficient (Wildman–Crippen LogP) is 4.85. The minimum atomic E-state index is -0.419. The Morgan fingerprint density at radius 2 is 1.82 bits per heavy atom. The predicted molar refractivity (Wildman–Crippen MR) is 132 cm³/mol. The summed E-state index contributed by atoms with van der Waals surface area (Å²) in [5.74, 6) is -0.669. The van der Waals surface area contributed by atoms with Crippen molar-refractivity contribution in [3.05, 3.63) is 68.6 Å². The van der Waals surface area contributed by atoms with Crippen molar-refractivity contribution in [2.75, 3.05) is 18.4 Å². The summed E-state index contributed by atoms with van der Waals surface area (Å²) < 4.78 is 1.33. The summed E-state index contributed by atoms with van der Waals surface area (Å²) in [5, 5.41) is 8.76. The van der Waals surface area contributed by atoms with Crippen LogP contribution in [-0.2, 0) is 11.3 Å². The van der Waals surface area contributed by atoms with Crippen LogP contribution in [0, 0.1) is 5.92 Å². The normalized spacial score (nSPS) is 11.1. The van der Waals surface area contributed by atoms with Crippen molar-refractivity contribution >= 4 is 51.5 Å². The molecular weight excluding hydrogens is 463 g/mol. The van der Waals surface area contributed by atoms with Crippen molar-refractivity contribution in [2.45, 2.75) is 33.7 Å². The number of aromatic nitrogens is 2. The highest BCUT2D eigenvalue weighted by Crippen LogP contribution is 2.25. The second-order valence-corrected chi connectivity index (χ2v) is 9.02. The molecule has 2 amide bonds. The molecule has 0 saturated carbocycles. The van der Waals surface area contributed by atoms with E-state index in [1.807, 2.05) is 20.8 Å². The number of hydrogen-bond acceptors (Lipinski definition) is 4. The van der Waals surface area contributed by atoms with Gasteiger partial charge in [-0.3, -0.25) is 14.4 Å². The van der Waals surface area contributed by atoms with Gasteiger partial charge in [-0.05, 0) is 36.6 Å². The maximum absolute atomic E-state index is 13.5. The molecule has 1 aromatic heterocycles. The molecule has 2 aromatic carbocycles. The van der Waals surface area contributed by atoms with E-state index in [0.717, 1.165) is 0 Å². The van der Waals surface area contributed by atoms with Crippen LogP contribution < -0.4 is 10.9 Å². The van der Waals surface area contributed by atoms with E-state index in [1.54, 1.807) is 42.5 Å². The van der Waals surface area contributed by atoms with E-state index in [-0.39, 0.29) is 23.7 Å². The summed E-state index contributed by atoms with van der Waals surface area (Å²) in [4.78, 5) is 40.6. The van der Waals surface area contributed by atoms with Crippen molar-refractivity contribution in [1.29, 1.82) is 0 Å². The first-order valence-corrected chi connectivity index (χ1v) is 11.5. The average molecular weight is 489 g/mol. The van der Waals surface area contributed by atoms with Gasteiger partial charge in [0.05, 0.1) is 16.1 Å². The molecule has 0 unspecified atom stereocenters. The fraction of sp³-hybridized carbons (Fsp3) is 0.333. The van der Waals surface area contributed by atoms with Crippen LogP contribution in [0.3, 0.4) is 0 Å². The number of hydrogen-bond donors (Lipinski definition) is 1. The molecule has 0 aliphatic carbocycles. The number of nitrogens with one attached hydrogen (secondary N) is 1. The van der Waals surface area contributed by atoms with Crippen molar-refractivity contribution in [3.63, 3.8) is 0 Å². The Balaban J connectivity index is 1.94. The summed E-state index contributed by atoms with van der Waals surface area (Å²) in [6, 6.07) is 11.6. The van der Waals surface area contributed by atoms with Gasteiger partial charge in [0.25, 0.3) is 11.5 Å². The molecule has 174 valence electrons. The van der Waals surface area contributed by atoms with Gasteiger partial charge < -0.3 is 10.2 Å². The molecule has 0 spiro atoms. The zero-order valence-electron chi connectivity index (χ0n) is 18.8. The quantitative estimate of drug-likeness (QED) is 0.490. The molecule has 0 aliphatic rings. The molecule has 1 N–H and O–H groups in total. The Morgan fingerprint density at radius 1 is 1.12 bits per heavy atom. The van der Waals surface area contributed by atoms with Gasteiger partial charge in [-0.15, -0.1) is 0 Å². The number of anilines is 1. The van der Waals surface area contributed by atoms with Crippen LogP contribution in [0.2, 0.25) is 10.0 Å². The lowest BCUT2D eigenvalue weighted by Gasteiger charge is -2.22. The van der Waals surface area contributed by atoms with E-state index in [1.165, 1.54) is 9.58 Å². The van der Waals surface area contributed by atoms with Gasteiger partial charge in [0.2, 0.25) is 5.91 Å². The Morgan fingerprint density at radius 3 is 2.48 bits per heavy atom. The molecule has 3 aromatic rings. The first kappa shape index (κ1) is 24.7. The van der Waals surface area contributed by atoms with E-state index in [0.29, 0.717) is 46.0 Å². The number of halogens is 2. The molecule has 1 heterocycles. The Bertz CT molecular complexity index is 1240. The number of fused-ring (bicyclic) bond motifs is 1. The molecule has 0 fully saturated rings. The first-order chi connectivity index (χ1) is 15.7. The first-order valence-electron chi connectivity index (χ1n) is 10.7. The summed E-state index contributed by atoms with van der Waals surface area (Å²) in [6.07, 6.45) is 0.639. The maximum Gasteiger partial charge on any atom is 0.275 e. The lowest BCUT2D eigenvalue weighted by molar-refractivity contribution is -0.116. The maximum atomic E-state index is 13.5. The summed E-state index contributed by atoms with van der Waals surface area (Å²) in [5.41, 5.74) is 0.270. The van der Waals surface area contributed by atoms with Crippen LogP contribution in [0.15, 0.2) is 47.3 Å². The number of carbonyl (C=O) groups excluding carboxylic acids is 2. The highest BCUT2D eigenvalue weighted by molar-refractivity contribution is 6.35. The van der Waals surface area contributed by atoms with E-state index >= 15 is 0 Å². The molecule has 0 bridgehead atoms. The molecule has 0 radical (unpaired) electrons. The van der Waals surface area contributed by atoms with Gasteiger partial charge in [0, 0.05) is 23.5 Å². The van der Waals surface area contributed by atoms with Crippen molar-refractivity contribution < 1.29 is 9.59 Å². The molecule has 0 aliphatic heterocycles.